The summed E-state index contributed by atoms with van der Waals surface area (Å²) in [5.41, 5.74) is 1.22. The quantitative estimate of drug-likeness (QED) is 0.561. The summed E-state index contributed by atoms with van der Waals surface area (Å²) in [6, 6.07) is 7.35. The summed E-state index contributed by atoms with van der Waals surface area (Å²) >= 11 is 0. The highest BCUT2D eigenvalue weighted by Crippen LogP contribution is 2.25. The van der Waals surface area contributed by atoms with Crippen molar-refractivity contribution in [3.05, 3.63) is 48.9 Å². The van der Waals surface area contributed by atoms with E-state index in [1.807, 2.05) is 18.7 Å². The molecule has 0 aliphatic carbocycles. The van der Waals surface area contributed by atoms with Crippen molar-refractivity contribution in [2.24, 2.45) is 11.1 Å². The maximum Gasteiger partial charge on any atom is 0.247 e. The van der Waals surface area contributed by atoms with Gasteiger partial charge in [0.05, 0.1) is 11.1 Å². The van der Waals surface area contributed by atoms with E-state index in [0.29, 0.717) is 43.4 Å². The first kappa shape index (κ1) is 22.8. The molecule has 0 radical (unpaired) electrons. The Balaban J connectivity index is 1.48. The number of benzene rings is 1. The molecule has 0 bridgehead atoms. The molecule has 174 valence electrons. The van der Waals surface area contributed by atoms with Crippen LogP contribution in [0.2, 0.25) is 0 Å². The van der Waals surface area contributed by atoms with E-state index < -0.39 is 16.1 Å². The summed E-state index contributed by atoms with van der Waals surface area (Å²) in [7, 11) is -3.77. The van der Waals surface area contributed by atoms with Gasteiger partial charge in [0, 0.05) is 44.1 Å². The lowest BCUT2D eigenvalue weighted by atomic mass is 10.0. The van der Waals surface area contributed by atoms with E-state index in [4.69, 9.17) is 5.14 Å². The van der Waals surface area contributed by atoms with Gasteiger partial charge in [0.15, 0.2) is 0 Å². The van der Waals surface area contributed by atoms with Crippen LogP contribution in [-0.4, -0.2) is 70.4 Å². The van der Waals surface area contributed by atoms with Gasteiger partial charge in [-0.15, -0.1) is 5.10 Å². The molecule has 12 heteroatoms. The zero-order valence-corrected chi connectivity index (χ0v) is 19.3. The summed E-state index contributed by atoms with van der Waals surface area (Å²) < 4.78 is 24.5. The Kier molecular flexibility index (Phi) is 6.38. The molecular weight excluding hydrogens is 444 g/mol. The lowest BCUT2D eigenvalue weighted by Gasteiger charge is -2.37. The van der Waals surface area contributed by atoms with Crippen LogP contribution in [0.3, 0.4) is 0 Å². The lowest BCUT2D eigenvalue weighted by Crippen LogP contribution is -2.51. The largest absolute Gasteiger partial charge is 0.337 e. The molecule has 0 saturated carbocycles. The number of carbonyl (C=O) groups is 1. The van der Waals surface area contributed by atoms with Crippen LogP contribution in [0.4, 0.5) is 5.95 Å². The highest BCUT2D eigenvalue weighted by molar-refractivity contribution is 7.89. The number of rotatable bonds is 6. The summed E-state index contributed by atoms with van der Waals surface area (Å²) in [5.74, 6) is 0.645. The second-order valence-electron chi connectivity index (χ2n) is 8.20. The van der Waals surface area contributed by atoms with Crippen LogP contribution in [0.5, 0.6) is 0 Å². The van der Waals surface area contributed by atoms with Gasteiger partial charge in [0.25, 0.3) is 0 Å². The van der Waals surface area contributed by atoms with Crippen molar-refractivity contribution in [3.63, 3.8) is 0 Å². The number of carbonyl (C=O) groups excluding carboxylic acids is 1. The molecule has 1 amide bonds. The molecule has 2 N–H and O–H groups in total. The first-order valence-electron chi connectivity index (χ1n) is 10.6. The van der Waals surface area contributed by atoms with Crippen molar-refractivity contribution in [3.8, 4) is 11.3 Å². The van der Waals surface area contributed by atoms with Crippen molar-refractivity contribution in [1.29, 1.82) is 0 Å². The summed E-state index contributed by atoms with van der Waals surface area (Å²) in [6.45, 7) is 6.38. The zero-order valence-electron chi connectivity index (χ0n) is 18.4. The van der Waals surface area contributed by atoms with Crippen molar-refractivity contribution in [1.82, 2.24) is 29.9 Å². The minimum atomic E-state index is -3.77. The van der Waals surface area contributed by atoms with Crippen LogP contribution in [-0.2, 0) is 14.8 Å². The van der Waals surface area contributed by atoms with Gasteiger partial charge in [-0.05, 0) is 24.1 Å². The van der Waals surface area contributed by atoms with Crippen LogP contribution >= 0.6 is 0 Å². The fraction of sp³-hybridized carbons (Fsp3) is 0.381. The predicted molar refractivity (Wildman–Crippen MR) is 122 cm³/mol. The number of anilines is 1. The van der Waals surface area contributed by atoms with Gasteiger partial charge in [-0.2, -0.15) is 0 Å². The van der Waals surface area contributed by atoms with E-state index in [0.717, 1.165) is 0 Å². The van der Waals surface area contributed by atoms with Crippen LogP contribution in [0.15, 0.2) is 53.8 Å². The van der Waals surface area contributed by atoms with Gasteiger partial charge >= 0.3 is 0 Å². The molecule has 0 spiro atoms. The number of nitrogens with zero attached hydrogens (tertiary/aromatic N) is 7. The molecule has 1 saturated heterocycles. The monoisotopic (exact) mass is 470 g/mol. The Labute approximate surface area is 192 Å². The third-order valence-corrected chi connectivity index (χ3v) is 6.51. The number of piperazine rings is 1. The Bertz CT molecular complexity index is 1200. The SMILES string of the molecule is CC(C)[C@@H](C(=O)N1CCN(c2ncccn2)CC1)n1cc(-c2ccc(S(N)(=O)=O)cc2)nn1. The minimum Gasteiger partial charge on any atom is -0.337 e. The van der Waals surface area contributed by atoms with Gasteiger partial charge < -0.3 is 9.80 Å². The highest BCUT2D eigenvalue weighted by Gasteiger charge is 2.32. The third-order valence-electron chi connectivity index (χ3n) is 5.58. The van der Waals surface area contributed by atoms with Gasteiger partial charge in [-0.25, -0.2) is 28.2 Å². The maximum absolute atomic E-state index is 13.4. The zero-order chi connectivity index (χ0) is 23.6. The van der Waals surface area contributed by atoms with E-state index in [9.17, 15) is 13.2 Å². The Morgan fingerprint density at radius 2 is 1.67 bits per heavy atom. The van der Waals surface area contributed by atoms with Gasteiger partial charge in [-0.1, -0.05) is 31.2 Å². The second kappa shape index (κ2) is 9.24. The third kappa shape index (κ3) is 5.01. The minimum absolute atomic E-state index is 0.00713. The van der Waals surface area contributed by atoms with Crippen molar-refractivity contribution in [2.75, 3.05) is 31.1 Å². The van der Waals surface area contributed by atoms with Crippen LogP contribution < -0.4 is 10.0 Å². The maximum atomic E-state index is 13.4. The summed E-state index contributed by atoms with van der Waals surface area (Å²) in [6.07, 6.45) is 5.13. The molecule has 1 aliphatic rings. The average Bonchev–Trinajstić information content (AvgIpc) is 3.28. The topological polar surface area (TPSA) is 140 Å². The number of amides is 1. The fourth-order valence-corrected chi connectivity index (χ4v) is 4.35. The number of nitrogens with two attached hydrogens (primary N) is 1. The van der Waals surface area contributed by atoms with E-state index in [-0.39, 0.29) is 16.7 Å². The highest BCUT2D eigenvalue weighted by atomic mass is 32.2. The summed E-state index contributed by atoms with van der Waals surface area (Å²) in [5, 5.41) is 13.6. The lowest BCUT2D eigenvalue weighted by molar-refractivity contribution is -0.136. The number of primary sulfonamides is 1. The van der Waals surface area contributed by atoms with Gasteiger partial charge in [0.2, 0.25) is 21.9 Å². The van der Waals surface area contributed by atoms with E-state index in [2.05, 4.69) is 25.2 Å². The van der Waals surface area contributed by atoms with Crippen LogP contribution in [0, 0.1) is 5.92 Å². The van der Waals surface area contributed by atoms with E-state index in [1.54, 1.807) is 41.5 Å². The number of hydrogen-bond acceptors (Lipinski definition) is 8. The Hall–Kier alpha value is -3.38. The van der Waals surface area contributed by atoms with Crippen molar-refractivity contribution >= 4 is 21.9 Å². The van der Waals surface area contributed by atoms with E-state index in [1.165, 1.54) is 12.1 Å². The van der Waals surface area contributed by atoms with Crippen LogP contribution in [0.1, 0.15) is 19.9 Å². The molecule has 4 rings (SSSR count). The van der Waals surface area contributed by atoms with E-state index >= 15 is 0 Å². The average molecular weight is 471 g/mol. The summed E-state index contributed by atoms with van der Waals surface area (Å²) in [4.78, 5) is 25.9. The molecule has 1 atom stereocenters. The number of sulfonamides is 1. The molecule has 33 heavy (non-hydrogen) atoms. The first-order valence-corrected chi connectivity index (χ1v) is 12.1. The molecule has 1 fully saturated rings. The standard InChI is InChI=1S/C21H26N8O3S/c1-15(2)19(20(30)27-10-12-28(13-11-27)21-23-8-3-9-24-21)29-14-18(25-26-29)16-4-6-17(7-5-16)33(22,31)32/h3-9,14-15,19H,10-13H2,1-2H3,(H2,22,31,32)/t19-/m0/s1. The van der Waals surface area contributed by atoms with Crippen molar-refractivity contribution in [2.45, 2.75) is 24.8 Å². The van der Waals surface area contributed by atoms with Crippen LogP contribution in [0.25, 0.3) is 11.3 Å². The smallest absolute Gasteiger partial charge is 0.247 e. The molecule has 2 aromatic heterocycles. The Morgan fingerprint density at radius 3 is 2.24 bits per heavy atom. The van der Waals surface area contributed by atoms with Crippen molar-refractivity contribution < 1.29 is 13.2 Å². The predicted octanol–water partition coefficient (Wildman–Crippen LogP) is 0.928. The van der Waals surface area contributed by atoms with Gasteiger partial charge in [-0.3, -0.25) is 4.79 Å². The molecule has 3 heterocycles. The molecule has 11 nitrogen and oxygen atoms in total. The molecular formula is C21H26N8O3S. The molecule has 1 aromatic carbocycles. The number of hydrogen-bond donors (Lipinski definition) is 1. The Morgan fingerprint density at radius 1 is 1.03 bits per heavy atom. The second-order valence-corrected chi connectivity index (χ2v) is 9.76. The normalized spacial score (nSPS) is 15.6. The molecule has 0 unspecified atom stereocenters. The molecule has 3 aromatic rings. The molecule has 1 aliphatic heterocycles. The first-order chi connectivity index (χ1) is 15.7. The number of aromatic nitrogens is 5. The fourth-order valence-electron chi connectivity index (χ4n) is 3.83. The van der Waals surface area contributed by atoms with Gasteiger partial charge in [0.1, 0.15) is 11.7 Å².